The lowest BCUT2D eigenvalue weighted by atomic mass is 9.96. The number of benzene rings is 2. The largest absolute Gasteiger partial charge is 0.505 e. The quantitative estimate of drug-likeness (QED) is 0.251. The van der Waals surface area contributed by atoms with Gasteiger partial charge in [0.15, 0.2) is 17.4 Å². The molecule has 0 spiro atoms. The number of nitrogens with zero attached hydrogens (tertiary/aromatic N) is 7. The molecule has 238 valence electrons. The van der Waals surface area contributed by atoms with Gasteiger partial charge in [-0.05, 0) is 66.9 Å². The number of halogens is 1. The average molecular weight is 624 g/mol. The van der Waals surface area contributed by atoms with Crippen LogP contribution in [0, 0.1) is 5.82 Å². The molecule has 2 aliphatic heterocycles. The maximum absolute atomic E-state index is 14.2. The average Bonchev–Trinajstić information content (AvgIpc) is 3.53. The van der Waals surface area contributed by atoms with Crippen molar-refractivity contribution < 1.29 is 14.3 Å². The summed E-state index contributed by atoms with van der Waals surface area (Å²) >= 11 is 0. The molecule has 0 aliphatic carbocycles. The SMILES string of the molecule is CCc1cc(O)c(F)cc1-c1ccc2c(-c3nc4c([nH]3)CCN(C(=O)c3cnc(N5CCCN(CC)CC5)cn3)CC4)n[nH]c2c1. The van der Waals surface area contributed by atoms with Crippen LogP contribution in [0.4, 0.5) is 10.2 Å². The van der Waals surface area contributed by atoms with Crippen molar-refractivity contribution in [1.82, 2.24) is 39.9 Å². The predicted molar refractivity (Wildman–Crippen MR) is 174 cm³/mol. The monoisotopic (exact) mass is 623 g/mol. The van der Waals surface area contributed by atoms with Gasteiger partial charge in [0.25, 0.3) is 5.91 Å². The van der Waals surface area contributed by atoms with Crippen LogP contribution in [0.5, 0.6) is 5.75 Å². The number of amides is 1. The zero-order valence-electron chi connectivity index (χ0n) is 26.2. The maximum atomic E-state index is 14.2. The number of H-pyrrole nitrogens is 2. The molecule has 0 saturated carbocycles. The minimum atomic E-state index is -0.646. The van der Waals surface area contributed by atoms with E-state index in [0.717, 1.165) is 83.9 Å². The first kappa shape index (κ1) is 29.8. The molecule has 46 heavy (non-hydrogen) atoms. The number of phenolic OH excluding ortho intramolecular Hbond substituents is 1. The fraction of sp³-hybridized carbons (Fsp3) is 0.382. The summed E-state index contributed by atoms with van der Waals surface area (Å²) in [6, 6.07) is 8.70. The fourth-order valence-corrected chi connectivity index (χ4v) is 6.58. The number of aryl methyl sites for hydroxylation is 1. The van der Waals surface area contributed by atoms with Crippen molar-refractivity contribution in [2.75, 3.05) is 50.7 Å². The number of hydrogen-bond acceptors (Lipinski definition) is 8. The zero-order valence-corrected chi connectivity index (χ0v) is 26.2. The summed E-state index contributed by atoms with van der Waals surface area (Å²) in [5.41, 5.74) is 6.22. The third-order valence-electron chi connectivity index (χ3n) is 9.27. The van der Waals surface area contributed by atoms with Crippen LogP contribution in [-0.2, 0) is 19.3 Å². The number of imidazole rings is 1. The standard InChI is InChI=1S/C34H38FN9O2/c1-3-21-17-30(45)25(35)18-24(21)22-6-7-23-28(16-22)40-41-32(23)33-38-26-8-12-44(13-9-27(26)39-33)34(46)29-19-37-31(20-36-29)43-11-5-10-42(4-2)14-15-43/h6-7,16-20,45H,3-5,8-15H2,1-2H3,(H,38,39)(H,40,41). The first-order chi connectivity index (χ1) is 22.4. The van der Waals surface area contributed by atoms with E-state index in [1.54, 1.807) is 12.4 Å². The van der Waals surface area contributed by atoms with Crippen LogP contribution in [0.2, 0.25) is 0 Å². The number of carbonyl (C=O) groups is 1. The molecule has 0 radical (unpaired) electrons. The smallest absolute Gasteiger partial charge is 0.274 e. The maximum Gasteiger partial charge on any atom is 0.274 e. The van der Waals surface area contributed by atoms with E-state index in [4.69, 9.17) is 4.98 Å². The summed E-state index contributed by atoms with van der Waals surface area (Å²) in [6.07, 6.45) is 6.33. The zero-order chi connectivity index (χ0) is 31.8. The van der Waals surface area contributed by atoms with E-state index in [1.165, 1.54) is 12.1 Å². The molecule has 11 nitrogen and oxygen atoms in total. The molecule has 5 aromatic rings. The molecule has 1 amide bonds. The van der Waals surface area contributed by atoms with Gasteiger partial charge in [0.1, 0.15) is 17.2 Å². The van der Waals surface area contributed by atoms with Gasteiger partial charge in [0.2, 0.25) is 0 Å². The number of hydrogen-bond donors (Lipinski definition) is 3. The number of carbonyl (C=O) groups excluding carboxylic acids is 1. The van der Waals surface area contributed by atoms with Crippen molar-refractivity contribution in [3.05, 3.63) is 71.2 Å². The summed E-state index contributed by atoms with van der Waals surface area (Å²) in [6.45, 7) is 10.2. The number of aromatic hydroxyl groups is 1. The molecule has 3 aromatic heterocycles. The molecule has 0 unspecified atom stereocenters. The molecule has 2 aromatic carbocycles. The second-order valence-electron chi connectivity index (χ2n) is 12.0. The number of anilines is 1. The third-order valence-corrected chi connectivity index (χ3v) is 9.27. The van der Waals surface area contributed by atoms with E-state index < -0.39 is 5.82 Å². The van der Waals surface area contributed by atoms with Crippen molar-refractivity contribution in [3.63, 3.8) is 0 Å². The van der Waals surface area contributed by atoms with Gasteiger partial charge in [-0.1, -0.05) is 19.9 Å². The Hall–Kier alpha value is -4.84. The van der Waals surface area contributed by atoms with E-state index in [0.29, 0.717) is 49.6 Å². The minimum Gasteiger partial charge on any atom is -0.505 e. The molecule has 7 rings (SSSR count). The third kappa shape index (κ3) is 5.68. The van der Waals surface area contributed by atoms with E-state index in [9.17, 15) is 14.3 Å². The molecule has 0 bridgehead atoms. The Labute approximate surface area is 266 Å². The van der Waals surface area contributed by atoms with Gasteiger partial charge in [0, 0.05) is 56.6 Å². The van der Waals surface area contributed by atoms with Crippen LogP contribution >= 0.6 is 0 Å². The number of rotatable bonds is 6. The number of aromatic amines is 2. The second kappa shape index (κ2) is 12.5. The number of likely N-dealkylation sites (N-methyl/N-ethyl adjacent to an activating group) is 1. The van der Waals surface area contributed by atoms with Crippen molar-refractivity contribution >= 4 is 22.6 Å². The molecular weight excluding hydrogens is 585 g/mol. The lowest BCUT2D eigenvalue weighted by Crippen LogP contribution is -2.34. The topological polar surface area (TPSA) is 130 Å². The lowest BCUT2D eigenvalue weighted by molar-refractivity contribution is 0.0756. The molecule has 1 saturated heterocycles. The highest BCUT2D eigenvalue weighted by atomic mass is 19.1. The number of phenols is 1. The Balaban J connectivity index is 1.04. The van der Waals surface area contributed by atoms with Gasteiger partial charge < -0.3 is 24.8 Å². The Kier molecular flexibility index (Phi) is 8.12. The summed E-state index contributed by atoms with van der Waals surface area (Å²) < 4.78 is 14.2. The fourth-order valence-electron chi connectivity index (χ4n) is 6.58. The molecule has 5 heterocycles. The second-order valence-corrected chi connectivity index (χ2v) is 12.0. The molecule has 1 fully saturated rings. The van der Waals surface area contributed by atoms with Crippen LogP contribution in [0.3, 0.4) is 0 Å². The summed E-state index contributed by atoms with van der Waals surface area (Å²) in [4.78, 5) is 37.4. The highest BCUT2D eigenvalue weighted by Gasteiger charge is 2.25. The van der Waals surface area contributed by atoms with Gasteiger partial charge in [-0.15, -0.1) is 0 Å². The first-order valence-corrected chi connectivity index (χ1v) is 16.1. The van der Waals surface area contributed by atoms with E-state index in [-0.39, 0.29) is 11.7 Å². The summed E-state index contributed by atoms with van der Waals surface area (Å²) in [5.74, 6) is 0.383. The van der Waals surface area contributed by atoms with Crippen molar-refractivity contribution in [1.29, 1.82) is 0 Å². The van der Waals surface area contributed by atoms with E-state index in [1.807, 2.05) is 30.0 Å². The van der Waals surface area contributed by atoms with Crippen LogP contribution in [0.15, 0.2) is 42.7 Å². The predicted octanol–water partition coefficient (Wildman–Crippen LogP) is 4.59. The molecule has 3 N–H and O–H groups in total. The normalized spacial score (nSPS) is 16.0. The summed E-state index contributed by atoms with van der Waals surface area (Å²) in [5, 5.41) is 18.4. The van der Waals surface area contributed by atoms with Crippen molar-refractivity contribution in [2.24, 2.45) is 0 Å². The van der Waals surface area contributed by atoms with Crippen molar-refractivity contribution in [2.45, 2.75) is 39.5 Å². The highest BCUT2D eigenvalue weighted by Crippen LogP contribution is 2.34. The molecule has 2 aliphatic rings. The van der Waals surface area contributed by atoms with Gasteiger partial charge in [-0.3, -0.25) is 9.89 Å². The Morgan fingerprint density at radius 1 is 1.00 bits per heavy atom. The molecular formula is C34H38FN9O2. The van der Waals surface area contributed by atoms with Gasteiger partial charge in [-0.25, -0.2) is 19.3 Å². The number of aromatic nitrogens is 6. The summed E-state index contributed by atoms with van der Waals surface area (Å²) in [7, 11) is 0. The van der Waals surface area contributed by atoms with Crippen LogP contribution in [0.1, 0.15) is 47.7 Å². The molecule has 12 heteroatoms. The first-order valence-electron chi connectivity index (χ1n) is 16.1. The Morgan fingerprint density at radius 2 is 1.87 bits per heavy atom. The lowest BCUT2D eigenvalue weighted by Gasteiger charge is -2.22. The van der Waals surface area contributed by atoms with Crippen LogP contribution in [0.25, 0.3) is 33.5 Å². The van der Waals surface area contributed by atoms with Gasteiger partial charge in [0.05, 0.1) is 23.6 Å². The minimum absolute atomic E-state index is 0.119. The van der Waals surface area contributed by atoms with E-state index >= 15 is 0 Å². The Bertz CT molecular complexity index is 1860. The van der Waals surface area contributed by atoms with Gasteiger partial charge >= 0.3 is 0 Å². The van der Waals surface area contributed by atoms with Crippen molar-refractivity contribution in [3.8, 4) is 28.4 Å². The Morgan fingerprint density at radius 3 is 2.67 bits per heavy atom. The highest BCUT2D eigenvalue weighted by molar-refractivity contribution is 5.94. The van der Waals surface area contributed by atoms with Crippen LogP contribution < -0.4 is 4.90 Å². The number of nitrogens with one attached hydrogen (secondary N) is 2. The van der Waals surface area contributed by atoms with Crippen LogP contribution in [-0.4, -0.2) is 96.8 Å². The molecule has 0 atom stereocenters. The van der Waals surface area contributed by atoms with Gasteiger partial charge in [-0.2, -0.15) is 5.10 Å². The number of fused-ring (bicyclic) bond motifs is 2. The van der Waals surface area contributed by atoms with E-state index in [2.05, 4.69) is 41.9 Å².